The number of hydrogen-bond acceptors (Lipinski definition) is 5. The van der Waals surface area contributed by atoms with Crippen LogP contribution in [0.1, 0.15) is 16.2 Å². The van der Waals surface area contributed by atoms with E-state index in [1.807, 2.05) is 30.3 Å². The van der Waals surface area contributed by atoms with Gasteiger partial charge < -0.3 is 10.1 Å². The molecule has 0 radical (unpaired) electrons. The average molecular weight is 394 g/mol. The van der Waals surface area contributed by atoms with Gasteiger partial charge in [-0.2, -0.15) is 5.10 Å². The number of benzene rings is 2. The number of hydrogen-bond donors (Lipinski definition) is 1. The summed E-state index contributed by atoms with van der Waals surface area (Å²) in [6, 6.07) is 14.6. The van der Waals surface area contributed by atoms with Crippen LogP contribution in [0.4, 0.5) is 5.69 Å². The van der Waals surface area contributed by atoms with Gasteiger partial charge in [-0.3, -0.25) is 4.79 Å². The molecule has 1 amide bonds. The third kappa shape index (κ3) is 3.16. The van der Waals surface area contributed by atoms with Gasteiger partial charge in [-0.05, 0) is 36.8 Å². The highest BCUT2D eigenvalue weighted by molar-refractivity contribution is 6.30. The van der Waals surface area contributed by atoms with Gasteiger partial charge >= 0.3 is 0 Å². The highest BCUT2D eigenvalue weighted by atomic mass is 35.5. The van der Waals surface area contributed by atoms with Crippen molar-refractivity contribution in [2.45, 2.75) is 6.92 Å². The van der Waals surface area contributed by atoms with E-state index in [1.165, 1.54) is 0 Å². The van der Waals surface area contributed by atoms with Crippen molar-refractivity contribution in [1.29, 1.82) is 0 Å². The number of rotatable bonds is 4. The van der Waals surface area contributed by atoms with Crippen LogP contribution in [0.2, 0.25) is 5.02 Å². The van der Waals surface area contributed by atoms with Crippen LogP contribution in [-0.4, -0.2) is 32.8 Å². The molecule has 0 saturated carbocycles. The van der Waals surface area contributed by atoms with E-state index in [2.05, 4.69) is 20.6 Å². The first-order valence-corrected chi connectivity index (χ1v) is 8.87. The van der Waals surface area contributed by atoms with Gasteiger partial charge in [-0.25, -0.2) is 4.52 Å². The molecular weight excluding hydrogens is 378 g/mol. The van der Waals surface area contributed by atoms with Crippen LogP contribution in [0.25, 0.3) is 16.8 Å². The second-order valence-electron chi connectivity index (χ2n) is 6.09. The Morgan fingerprint density at radius 2 is 1.96 bits per heavy atom. The monoisotopic (exact) mass is 393 g/mol. The van der Waals surface area contributed by atoms with Crippen molar-refractivity contribution < 1.29 is 9.53 Å². The van der Waals surface area contributed by atoms with Crippen LogP contribution in [0.5, 0.6) is 5.75 Å². The molecule has 2 heterocycles. The SMILES string of the molecule is COc1ccccc1NC(=O)c1nnc2c(-c3cccc(Cl)c3)cnn2c1C. The van der Waals surface area contributed by atoms with Crippen molar-refractivity contribution in [1.82, 2.24) is 19.8 Å². The molecule has 0 aliphatic carbocycles. The smallest absolute Gasteiger partial charge is 0.278 e. The third-order valence-corrected chi connectivity index (χ3v) is 4.59. The number of anilines is 1. The number of aryl methyl sites for hydroxylation is 1. The average Bonchev–Trinajstić information content (AvgIpc) is 3.13. The number of aromatic nitrogens is 4. The van der Waals surface area contributed by atoms with Crippen LogP contribution in [0.15, 0.2) is 54.7 Å². The van der Waals surface area contributed by atoms with E-state index in [0.717, 1.165) is 11.1 Å². The Morgan fingerprint density at radius 3 is 2.75 bits per heavy atom. The molecule has 0 saturated heterocycles. The van der Waals surface area contributed by atoms with Crippen molar-refractivity contribution in [3.8, 4) is 16.9 Å². The van der Waals surface area contributed by atoms with E-state index in [9.17, 15) is 4.79 Å². The maximum atomic E-state index is 12.7. The lowest BCUT2D eigenvalue weighted by Crippen LogP contribution is -2.19. The summed E-state index contributed by atoms with van der Waals surface area (Å²) in [5, 5.41) is 16.2. The number of para-hydroxylation sites is 2. The molecule has 0 atom stereocenters. The first-order valence-electron chi connectivity index (χ1n) is 8.50. The molecule has 0 bridgehead atoms. The fourth-order valence-corrected chi connectivity index (χ4v) is 3.14. The maximum absolute atomic E-state index is 12.7. The normalized spacial score (nSPS) is 10.8. The van der Waals surface area contributed by atoms with Gasteiger partial charge in [0.15, 0.2) is 11.3 Å². The summed E-state index contributed by atoms with van der Waals surface area (Å²) in [5.41, 5.74) is 3.52. The molecule has 7 nitrogen and oxygen atoms in total. The predicted molar refractivity (Wildman–Crippen MR) is 107 cm³/mol. The third-order valence-electron chi connectivity index (χ3n) is 4.35. The second kappa shape index (κ2) is 7.28. The van der Waals surface area contributed by atoms with Gasteiger partial charge in [0.1, 0.15) is 5.75 Å². The lowest BCUT2D eigenvalue weighted by atomic mass is 10.1. The van der Waals surface area contributed by atoms with Crippen molar-refractivity contribution >= 4 is 28.8 Å². The molecule has 28 heavy (non-hydrogen) atoms. The minimum absolute atomic E-state index is 0.180. The Kier molecular flexibility index (Phi) is 4.67. The molecule has 2 aromatic carbocycles. The number of fused-ring (bicyclic) bond motifs is 1. The van der Waals surface area contributed by atoms with Gasteiger partial charge in [0.25, 0.3) is 5.91 Å². The van der Waals surface area contributed by atoms with Gasteiger partial charge in [-0.1, -0.05) is 35.9 Å². The summed E-state index contributed by atoms with van der Waals surface area (Å²) in [6.45, 7) is 1.77. The second-order valence-corrected chi connectivity index (χ2v) is 6.53. The fraction of sp³-hybridized carbons (Fsp3) is 0.100. The minimum atomic E-state index is -0.392. The number of amides is 1. The van der Waals surface area contributed by atoms with E-state index >= 15 is 0 Å². The van der Waals surface area contributed by atoms with E-state index in [4.69, 9.17) is 16.3 Å². The first-order chi connectivity index (χ1) is 13.6. The van der Waals surface area contributed by atoms with Crippen LogP contribution in [0.3, 0.4) is 0 Å². The van der Waals surface area contributed by atoms with Crippen LogP contribution < -0.4 is 10.1 Å². The van der Waals surface area contributed by atoms with E-state index < -0.39 is 5.91 Å². The number of carbonyl (C=O) groups excluding carboxylic acids is 1. The Balaban J connectivity index is 1.72. The molecule has 0 spiro atoms. The number of nitrogens with one attached hydrogen (secondary N) is 1. The number of carbonyl (C=O) groups is 1. The van der Waals surface area contributed by atoms with Crippen LogP contribution in [0, 0.1) is 6.92 Å². The minimum Gasteiger partial charge on any atom is -0.495 e. The molecular formula is C20H16ClN5O2. The molecule has 0 fully saturated rings. The lowest BCUT2D eigenvalue weighted by molar-refractivity contribution is 0.101. The number of halogens is 1. The molecule has 0 unspecified atom stereocenters. The lowest BCUT2D eigenvalue weighted by Gasteiger charge is -2.10. The van der Waals surface area contributed by atoms with Crippen LogP contribution >= 0.6 is 11.6 Å². The molecule has 0 aliphatic rings. The maximum Gasteiger partial charge on any atom is 0.278 e. The largest absolute Gasteiger partial charge is 0.495 e. The van der Waals surface area contributed by atoms with E-state index in [-0.39, 0.29) is 5.69 Å². The van der Waals surface area contributed by atoms with Crippen molar-refractivity contribution in [2.75, 3.05) is 12.4 Å². The Morgan fingerprint density at radius 1 is 1.14 bits per heavy atom. The highest BCUT2D eigenvalue weighted by Crippen LogP contribution is 2.27. The summed E-state index contributed by atoms with van der Waals surface area (Å²) >= 11 is 6.09. The Bertz CT molecular complexity index is 1190. The van der Waals surface area contributed by atoms with Gasteiger partial charge in [0, 0.05) is 10.6 Å². The number of nitrogens with zero attached hydrogens (tertiary/aromatic N) is 4. The van der Waals surface area contributed by atoms with E-state index in [0.29, 0.717) is 27.8 Å². The zero-order valence-corrected chi connectivity index (χ0v) is 15.9. The topological polar surface area (TPSA) is 81.4 Å². The molecule has 140 valence electrons. The summed E-state index contributed by atoms with van der Waals surface area (Å²) in [7, 11) is 1.54. The van der Waals surface area contributed by atoms with Gasteiger partial charge in [0.2, 0.25) is 0 Å². The highest BCUT2D eigenvalue weighted by Gasteiger charge is 2.19. The molecule has 1 N–H and O–H groups in total. The summed E-state index contributed by atoms with van der Waals surface area (Å²) in [6.07, 6.45) is 1.69. The molecule has 2 aromatic heterocycles. The van der Waals surface area contributed by atoms with Crippen LogP contribution in [-0.2, 0) is 0 Å². The predicted octanol–water partition coefficient (Wildman–Crippen LogP) is 4.01. The first kappa shape index (κ1) is 17.9. The molecule has 0 aliphatic heterocycles. The Hall–Kier alpha value is -3.45. The summed E-state index contributed by atoms with van der Waals surface area (Å²) in [5.74, 6) is 0.168. The summed E-state index contributed by atoms with van der Waals surface area (Å²) in [4.78, 5) is 12.7. The zero-order chi connectivity index (χ0) is 19.7. The summed E-state index contributed by atoms with van der Waals surface area (Å²) < 4.78 is 6.86. The zero-order valence-electron chi connectivity index (χ0n) is 15.2. The van der Waals surface area contributed by atoms with Crippen molar-refractivity contribution in [3.63, 3.8) is 0 Å². The molecule has 8 heteroatoms. The van der Waals surface area contributed by atoms with E-state index in [1.54, 1.807) is 42.9 Å². The number of methoxy groups -OCH3 is 1. The number of ether oxygens (including phenoxy) is 1. The quantitative estimate of drug-likeness (QED) is 0.566. The standard InChI is InChI=1S/C20H16ClN5O2/c1-12-18(20(27)23-16-8-3-4-9-17(16)28-2)24-25-19-15(11-22-26(12)19)13-6-5-7-14(21)10-13/h3-11H,1-2H3,(H,23,27). The molecule has 4 aromatic rings. The van der Waals surface area contributed by atoms with Crippen molar-refractivity contribution in [3.05, 3.63) is 71.1 Å². The molecule has 4 rings (SSSR count). The van der Waals surface area contributed by atoms with Crippen molar-refractivity contribution in [2.24, 2.45) is 0 Å². The van der Waals surface area contributed by atoms with Gasteiger partial charge in [-0.15, -0.1) is 10.2 Å². The van der Waals surface area contributed by atoms with Gasteiger partial charge in [0.05, 0.1) is 24.7 Å². The fourth-order valence-electron chi connectivity index (χ4n) is 2.95. The Labute approximate surface area is 165 Å².